The summed E-state index contributed by atoms with van der Waals surface area (Å²) < 4.78 is 26.5. The van der Waals surface area contributed by atoms with Gasteiger partial charge in [-0.3, -0.25) is 9.69 Å². The normalized spacial score (nSPS) is 17.5. The summed E-state index contributed by atoms with van der Waals surface area (Å²) in [5.74, 6) is -0.353. The number of piperidine rings is 1. The number of carbonyl (C=O) groups is 1. The van der Waals surface area contributed by atoms with Crippen molar-refractivity contribution in [3.05, 3.63) is 75.1 Å². The number of nitrogens with two attached hydrogens (primary N) is 1. The molecule has 0 saturated carbocycles. The van der Waals surface area contributed by atoms with Crippen molar-refractivity contribution in [2.24, 2.45) is 5.73 Å². The van der Waals surface area contributed by atoms with Crippen LogP contribution in [-0.4, -0.2) is 48.0 Å². The van der Waals surface area contributed by atoms with Crippen molar-refractivity contribution in [3.8, 4) is 0 Å². The number of rotatable bonds is 4. The molecule has 0 spiro atoms. The van der Waals surface area contributed by atoms with Gasteiger partial charge in [0.15, 0.2) is 0 Å². The van der Waals surface area contributed by atoms with Crippen LogP contribution in [0.15, 0.2) is 36.4 Å². The molecule has 2 fully saturated rings. The quantitative estimate of drug-likeness (QED) is 0.371. The van der Waals surface area contributed by atoms with Crippen LogP contribution in [0.3, 0.4) is 0 Å². The molecule has 0 aliphatic carbocycles. The minimum absolute atomic E-state index is 0. The van der Waals surface area contributed by atoms with E-state index in [4.69, 9.17) is 11.6 Å². The van der Waals surface area contributed by atoms with Gasteiger partial charge < -0.3 is 16.5 Å². The molecule has 0 bridgehead atoms. The van der Waals surface area contributed by atoms with E-state index < -0.39 is 11.6 Å². The summed E-state index contributed by atoms with van der Waals surface area (Å²) in [6.07, 6.45) is 5.69. The second kappa shape index (κ2) is 18.4. The third-order valence-electron chi connectivity index (χ3n) is 6.87. The van der Waals surface area contributed by atoms with E-state index in [-0.39, 0.29) is 54.0 Å². The molecule has 0 aromatic heterocycles. The van der Waals surface area contributed by atoms with Gasteiger partial charge >= 0.3 is 0 Å². The van der Waals surface area contributed by atoms with Gasteiger partial charge in [0, 0.05) is 67.1 Å². The summed E-state index contributed by atoms with van der Waals surface area (Å²) >= 11 is 6.07. The van der Waals surface area contributed by atoms with Gasteiger partial charge in [0.25, 0.3) is 0 Å². The van der Waals surface area contributed by atoms with Crippen LogP contribution in [0.4, 0.5) is 8.78 Å². The fourth-order valence-corrected chi connectivity index (χ4v) is 5.17. The van der Waals surface area contributed by atoms with Crippen molar-refractivity contribution in [2.45, 2.75) is 84.1 Å². The number of primary amides is 1. The maximum atomic E-state index is 13.7. The standard InChI is InChI=1S/C14H19ClN.C14H19F2N.C2H5NO.H2O.U/c1-2-3-12-10-13(15)4-5-14(12)11-6-8-16-9-7-11;1-14(2,3)17-7-6-10(9-17)12-5-4-11(15)8-13(12)16;1-2(3)4;;/h4-5,10-11H,2-3,6-9H2,1H3;4-5,8,10H,6-7,9H2,1-3H3;1H3,(H2,3,4);1H2;/q-1;;;;. The van der Waals surface area contributed by atoms with E-state index in [1.54, 1.807) is 6.07 Å². The molecule has 2 aliphatic rings. The average Bonchev–Trinajstić information content (AvgIpc) is 3.31. The maximum absolute atomic E-state index is 13.7. The number of likely N-dealkylation sites (tertiary alicyclic amines) is 1. The summed E-state index contributed by atoms with van der Waals surface area (Å²) in [6.45, 7) is 13.9. The fourth-order valence-electron chi connectivity index (χ4n) is 4.98. The summed E-state index contributed by atoms with van der Waals surface area (Å²) in [4.78, 5) is 11.6. The Kier molecular flexibility index (Phi) is 18.0. The number of halogens is 3. The summed E-state index contributed by atoms with van der Waals surface area (Å²) in [5.41, 5.74) is 8.20. The Labute approximate surface area is 262 Å². The Morgan fingerprint density at radius 2 is 1.64 bits per heavy atom. The zero-order chi connectivity index (χ0) is 27.6. The predicted molar refractivity (Wildman–Crippen MR) is 154 cm³/mol. The number of benzene rings is 2. The van der Waals surface area contributed by atoms with Gasteiger partial charge in [-0.1, -0.05) is 49.9 Å². The van der Waals surface area contributed by atoms with Crippen LogP contribution in [0.5, 0.6) is 0 Å². The third-order valence-corrected chi connectivity index (χ3v) is 7.11. The van der Waals surface area contributed by atoms with Crippen LogP contribution in [0.25, 0.3) is 5.32 Å². The average molecular weight is 791 g/mol. The summed E-state index contributed by atoms with van der Waals surface area (Å²) in [7, 11) is 0. The molecule has 4 N–H and O–H groups in total. The van der Waals surface area contributed by atoms with Crippen LogP contribution in [-0.2, 0) is 11.2 Å². The van der Waals surface area contributed by atoms with E-state index in [1.165, 1.54) is 43.4 Å². The second-order valence-corrected chi connectivity index (χ2v) is 11.4. The van der Waals surface area contributed by atoms with Crippen LogP contribution in [0.1, 0.15) is 88.8 Å². The number of nitrogens with zero attached hydrogens (tertiary/aromatic N) is 2. The number of hydrogen-bond donors (Lipinski definition) is 1. The molecule has 5 nitrogen and oxygen atoms in total. The first-order valence-electron chi connectivity index (χ1n) is 13.3. The zero-order valence-corrected chi connectivity index (χ0v) is 28.9. The number of carbonyl (C=O) groups excluding carboxylic acids is 1. The van der Waals surface area contributed by atoms with Crippen molar-refractivity contribution in [2.75, 3.05) is 26.2 Å². The molecule has 0 radical (unpaired) electrons. The summed E-state index contributed by atoms with van der Waals surface area (Å²) in [6, 6.07) is 10.3. The fraction of sp³-hybridized carbons (Fsp3) is 0.567. The molecule has 2 heterocycles. The molecule has 1 unspecified atom stereocenters. The molecule has 2 aliphatic heterocycles. The Hall–Kier alpha value is -1.01. The molecule has 1 amide bonds. The van der Waals surface area contributed by atoms with Crippen molar-refractivity contribution >= 4 is 17.5 Å². The topological polar surface area (TPSA) is 91.9 Å². The zero-order valence-electron chi connectivity index (χ0n) is 24.0. The van der Waals surface area contributed by atoms with Crippen LogP contribution < -0.4 is 5.73 Å². The molecule has 2 aromatic carbocycles. The number of amides is 1. The number of aryl methyl sites for hydroxylation is 1. The van der Waals surface area contributed by atoms with E-state index in [9.17, 15) is 13.6 Å². The van der Waals surface area contributed by atoms with Crippen molar-refractivity contribution < 1.29 is 50.2 Å². The van der Waals surface area contributed by atoms with Crippen LogP contribution in [0, 0.1) is 42.7 Å². The first-order valence-corrected chi connectivity index (χ1v) is 13.7. The second-order valence-electron chi connectivity index (χ2n) is 10.9. The third kappa shape index (κ3) is 13.0. The van der Waals surface area contributed by atoms with Gasteiger partial charge in [0.05, 0.1) is 0 Å². The number of hydrogen-bond acceptors (Lipinski definition) is 2. The molecule has 218 valence electrons. The molecule has 2 aromatic rings. The van der Waals surface area contributed by atoms with E-state index in [1.807, 2.05) is 6.07 Å². The van der Waals surface area contributed by atoms with E-state index in [0.29, 0.717) is 11.5 Å². The van der Waals surface area contributed by atoms with Crippen molar-refractivity contribution in [3.63, 3.8) is 0 Å². The van der Waals surface area contributed by atoms with E-state index in [0.717, 1.165) is 50.1 Å². The first-order chi connectivity index (χ1) is 17.4. The van der Waals surface area contributed by atoms with Crippen molar-refractivity contribution in [1.82, 2.24) is 4.90 Å². The van der Waals surface area contributed by atoms with E-state index >= 15 is 0 Å². The van der Waals surface area contributed by atoms with Gasteiger partial charge in [-0.15, -0.1) is 13.1 Å². The molecule has 2 saturated heterocycles. The Balaban J connectivity index is 0.000000624. The smallest absolute Gasteiger partial charge is 0.214 e. The SMILES string of the molecule is CC(C)(C)N1CCC(c2ccc(F)cc2F)C1.CC(N)=O.CCCc1cc(Cl)ccc1C1CC[N-]CC1.O.[U]. The van der Waals surface area contributed by atoms with E-state index in [2.05, 4.69) is 55.8 Å². The van der Waals surface area contributed by atoms with Gasteiger partial charge in [-0.25, -0.2) is 8.78 Å². The molecule has 9 heteroatoms. The van der Waals surface area contributed by atoms with Crippen LogP contribution in [0.2, 0.25) is 5.02 Å². The van der Waals surface area contributed by atoms with Crippen LogP contribution >= 0.6 is 11.6 Å². The molecule has 39 heavy (non-hydrogen) atoms. The minimum atomic E-state index is -0.503. The van der Waals surface area contributed by atoms with Gasteiger partial charge in [0.2, 0.25) is 5.91 Å². The largest absolute Gasteiger partial charge is 0.662 e. The first kappa shape index (κ1) is 38.0. The minimum Gasteiger partial charge on any atom is -0.662 e. The molecular weight excluding hydrogens is 746 g/mol. The Morgan fingerprint density at radius 1 is 1.05 bits per heavy atom. The Morgan fingerprint density at radius 3 is 2.15 bits per heavy atom. The van der Waals surface area contributed by atoms with Gasteiger partial charge in [-0.05, 0) is 81.0 Å². The van der Waals surface area contributed by atoms with Gasteiger partial charge in [0.1, 0.15) is 11.6 Å². The molecule has 1 atom stereocenters. The Bertz CT molecular complexity index is 1010. The van der Waals surface area contributed by atoms with Gasteiger partial charge in [-0.2, -0.15) is 0 Å². The maximum Gasteiger partial charge on any atom is 0.214 e. The predicted octanol–water partition coefficient (Wildman–Crippen LogP) is 6.76. The summed E-state index contributed by atoms with van der Waals surface area (Å²) in [5, 5.41) is 5.29. The monoisotopic (exact) mass is 790 g/mol. The molecule has 4 rings (SSSR count). The molecular formula is C30H45ClF2N3O2U-. The van der Waals surface area contributed by atoms with Crippen molar-refractivity contribution in [1.29, 1.82) is 0 Å².